The summed E-state index contributed by atoms with van der Waals surface area (Å²) < 4.78 is 0. The molecule has 1 saturated heterocycles. The van der Waals surface area contributed by atoms with Crippen LogP contribution in [0.5, 0.6) is 0 Å². The molecule has 1 aliphatic heterocycles. The number of benzene rings is 1. The van der Waals surface area contributed by atoms with Gasteiger partial charge in [0.05, 0.1) is 0 Å². The maximum absolute atomic E-state index is 4.36. The Kier molecular flexibility index (Phi) is 4.56. The van der Waals surface area contributed by atoms with Crippen LogP contribution in [0.3, 0.4) is 0 Å². The highest BCUT2D eigenvalue weighted by Gasteiger charge is 2.21. The monoisotopic (exact) mass is 296 g/mol. The van der Waals surface area contributed by atoms with Gasteiger partial charge < -0.3 is 10.2 Å². The van der Waals surface area contributed by atoms with Gasteiger partial charge in [0.25, 0.3) is 0 Å². The van der Waals surface area contributed by atoms with Gasteiger partial charge in [0.1, 0.15) is 0 Å². The highest BCUT2D eigenvalue weighted by Crippen LogP contribution is 2.21. The standard InChI is InChI=1S/C18H24N4/c1-14(2)15-6-8-16(9-7-15)21-17-5-3-12-22(13-17)18-19-10-4-11-20-18/h4,6-11,14,17,21H,3,5,12-13H2,1-2H3/t17-/m0/s1. The first-order valence-electron chi connectivity index (χ1n) is 8.11. The quantitative estimate of drug-likeness (QED) is 0.934. The largest absolute Gasteiger partial charge is 0.381 e. The van der Waals surface area contributed by atoms with E-state index in [0.29, 0.717) is 12.0 Å². The van der Waals surface area contributed by atoms with Gasteiger partial charge >= 0.3 is 0 Å². The summed E-state index contributed by atoms with van der Waals surface area (Å²) in [6.07, 6.45) is 5.98. The number of nitrogens with one attached hydrogen (secondary N) is 1. The average molecular weight is 296 g/mol. The number of nitrogens with zero attached hydrogens (tertiary/aromatic N) is 3. The smallest absolute Gasteiger partial charge is 0.225 e. The van der Waals surface area contributed by atoms with Crippen molar-refractivity contribution >= 4 is 11.6 Å². The fraction of sp³-hybridized carbons (Fsp3) is 0.444. The van der Waals surface area contributed by atoms with Crippen molar-refractivity contribution in [2.45, 2.75) is 38.6 Å². The van der Waals surface area contributed by atoms with Crippen molar-refractivity contribution in [2.24, 2.45) is 0 Å². The SMILES string of the molecule is CC(C)c1ccc(N[C@H]2CCCN(c3ncccn3)C2)cc1. The summed E-state index contributed by atoms with van der Waals surface area (Å²) in [4.78, 5) is 11.0. The Morgan fingerprint density at radius 3 is 2.55 bits per heavy atom. The second kappa shape index (κ2) is 6.77. The fourth-order valence-corrected chi connectivity index (χ4v) is 2.93. The third-order valence-corrected chi connectivity index (χ3v) is 4.20. The fourth-order valence-electron chi connectivity index (χ4n) is 2.93. The summed E-state index contributed by atoms with van der Waals surface area (Å²) in [7, 11) is 0. The molecule has 22 heavy (non-hydrogen) atoms. The van der Waals surface area contributed by atoms with Crippen LogP contribution in [-0.4, -0.2) is 29.1 Å². The normalized spacial score (nSPS) is 18.5. The maximum Gasteiger partial charge on any atom is 0.225 e. The molecule has 0 unspecified atom stereocenters. The van der Waals surface area contributed by atoms with Gasteiger partial charge in [-0.3, -0.25) is 0 Å². The van der Waals surface area contributed by atoms with E-state index in [-0.39, 0.29) is 0 Å². The minimum atomic E-state index is 0.447. The summed E-state index contributed by atoms with van der Waals surface area (Å²) in [5, 5.41) is 3.65. The highest BCUT2D eigenvalue weighted by molar-refractivity contribution is 5.46. The van der Waals surface area contributed by atoms with Crippen molar-refractivity contribution in [2.75, 3.05) is 23.3 Å². The van der Waals surface area contributed by atoms with E-state index in [4.69, 9.17) is 0 Å². The van der Waals surface area contributed by atoms with E-state index in [0.717, 1.165) is 19.0 Å². The van der Waals surface area contributed by atoms with E-state index < -0.39 is 0 Å². The molecule has 1 aromatic heterocycles. The third-order valence-electron chi connectivity index (χ3n) is 4.20. The molecule has 3 rings (SSSR count). The van der Waals surface area contributed by atoms with Gasteiger partial charge in [-0.2, -0.15) is 0 Å². The molecule has 1 aromatic carbocycles. The van der Waals surface area contributed by atoms with Crippen LogP contribution in [0.1, 0.15) is 38.2 Å². The molecule has 0 spiro atoms. The number of hydrogen-bond acceptors (Lipinski definition) is 4. The molecule has 1 fully saturated rings. The van der Waals surface area contributed by atoms with Crippen molar-refractivity contribution in [1.82, 2.24) is 9.97 Å². The molecule has 2 aromatic rings. The Balaban J connectivity index is 1.63. The van der Waals surface area contributed by atoms with E-state index >= 15 is 0 Å². The van der Waals surface area contributed by atoms with E-state index in [2.05, 4.69) is 58.3 Å². The van der Waals surface area contributed by atoms with Gasteiger partial charge in [-0.15, -0.1) is 0 Å². The van der Waals surface area contributed by atoms with Crippen LogP contribution in [0.25, 0.3) is 0 Å². The van der Waals surface area contributed by atoms with Crippen molar-refractivity contribution in [1.29, 1.82) is 0 Å². The molecule has 0 radical (unpaired) electrons. The zero-order valence-electron chi connectivity index (χ0n) is 13.4. The summed E-state index contributed by atoms with van der Waals surface area (Å²) in [5.41, 5.74) is 2.58. The minimum Gasteiger partial charge on any atom is -0.381 e. The van der Waals surface area contributed by atoms with E-state index in [1.165, 1.54) is 24.1 Å². The maximum atomic E-state index is 4.36. The molecule has 0 amide bonds. The Labute approximate surface area is 132 Å². The lowest BCUT2D eigenvalue weighted by atomic mass is 10.0. The number of anilines is 2. The summed E-state index contributed by atoms with van der Waals surface area (Å²) in [6.45, 7) is 6.44. The first kappa shape index (κ1) is 14.8. The molecule has 1 aliphatic rings. The molecule has 0 bridgehead atoms. The molecule has 116 valence electrons. The van der Waals surface area contributed by atoms with E-state index in [9.17, 15) is 0 Å². The lowest BCUT2D eigenvalue weighted by molar-refractivity contribution is 0.523. The zero-order chi connectivity index (χ0) is 15.4. The Hall–Kier alpha value is -2.10. The van der Waals surface area contributed by atoms with Crippen LogP contribution in [0.15, 0.2) is 42.7 Å². The number of piperidine rings is 1. The predicted octanol–water partition coefficient (Wildman–Crippen LogP) is 3.68. The van der Waals surface area contributed by atoms with Crippen LogP contribution in [-0.2, 0) is 0 Å². The molecule has 4 heteroatoms. The predicted molar refractivity (Wildman–Crippen MR) is 91.4 cm³/mol. The van der Waals surface area contributed by atoms with Crippen molar-refractivity contribution in [3.8, 4) is 0 Å². The van der Waals surface area contributed by atoms with Crippen molar-refractivity contribution in [3.05, 3.63) is 48.3 Å². The van der Waals surface area contributed by atoms with Crippen LogP contribution in [0.2, 0.25) is 0 Å². The van der Waals surface area contributed by atoms with Crippen molar-refractivity contribution in [3.63, 3.8) is 0 Å². The van der Waals surface area contributed by atoms with Crippen LogP contribution in [0.4, 0.5) is 11.6 Å². The van der Waals surface area contributed by atoms with E-state index in [1.54, 1.807) is 0 Å². The zero-order valence-corrected chi connectivity index (χ0v) is 13.4. The summed E-state index contributed by atoms with van der Waals surface area (Å²) in [5.74, 6) is 1.42. The molecule has 0 aliphatic carbocycles. The Morgan fingerprint density at radius 1 is 1.14 bits per heavy atom. The molecular weight excluding hydrogens is 272 g/mol. The molecular formula is C18H24N4. The molecule has 1 N–H and O–H groups in total. The van der Waals surface area contributed by atoms with Gasteiger partial charge in [-0.05, 0) is 42.5 Å². The number of hydrogen-bond donors (Lipinski definition) is 1. The van der Waals surface area contributed by atoms with Gasteiger partial charge in [-0.25, -0.2) is 9.97 Å². The van der Waals surface area contributed by atoms with Crippen LogP contribution in [0, 0.1) is 0 Å². The third kappa shape index (κ3) is 3.56. The molecule has 4 nitrogen and oxygen atoms in total. The van der Waals surface area contributed by atoms with Gasteiger partial charge in [0.2, 0.25) is 5.95 Å². The first-order valence-corrected chi connectivity index (χ1v) is 8.11. The van der Waals surface area contributed by atoms with Crippen LogP contribution >= 0.6 is 0 Å². The molecule has 0 saturated carbocycles. The minimum absolute atomic E-state index is 0.447. The van der Waals surface area contributed by atoms with E-state index in [1.807, 2.05) is 18.5 Å². The summed E-state index contributed by atoms with van der Waals surface area (Å²) in [6, 6.07) is 11.1. The molecule has 2 heterocycles. The highest BCUT2D eigenvalue weighted by atomic mass is 15.3. The second-order valence-electron chi connectivity index (χ2n) is 6.26. The van der Waals surface area contributed by atoms with Crippen LogP contribution < -0.4 is 10.2 Å². The Bertz CT molecular complexity index is 580. The van der Waals surface area contributed by atoms with Gasteiger partial charge in [0, 0.05) is 37.2 Å². The van der Waals surface area contributed by atoms with Gasteiger partial charge in [0.15, 0.2) is 0 Å². The lowest BCUT2D eigenvalue weighted by Crippen LogP contribution is -2.42. The lowest BCUT2D eigenvalue weighted by Gasteiger charge is -2.33. The topological polar surface area (TPSA) is 41.0 Å². The van der Waals surface area contributed by atoms with Crippen molar-refractivity contribution < 1.29 is 0 Å². The van der Waals surface area contributed by atoms with Gasteiger partial charge in [-0.1, -0.05) is 26.0 Å². The average Bonchev–Trinajstić information content (AvgIpc) is 2.56. The first-order chi connectivity index (χ1) is 10.7. The Morgan fingerprint density at radius 2 is 1.86 bits per heavy atom. The number of aromatic nitrogens is 2. The number of rotatable bonds is 4. The molecule has 1 atom stereocenters. The second-order valence-corrected chi connectivity index (χ2v) is 6.26. The summed E-state index contributed by atoms with van der Waals surface area (Å²) >= 11 is 0.